The number of nitrogens with one attached hydrogen (secondary N) is 1. The van der Waals surface area contributed by atoms with Crippen LogP contribution in [0.4, 0.5) is 5.69 Å². The number of carbonyl (C=O) groups is 1. The summed E-state index contributed by atoms with van der Waals surface area (Å²) >= 11 is 11.8. The van der Waals surface area contributed by atoms with Crippen molar-refractivity contribution in [3.8, 4) is 0 Å². The molecule has 1 aliphatic carbocycles. The molecule has 0 unspecified atom stereocenters. The predicted molar refractivity (Wildman–Crippen MR) is 125 cm³/mol. The fraction of sp³-hybridized carbons (Fsp3) is 0.417. The van der Waals surface area contributed by atoms with Crippen LogP contribution in [-0.4, -0.2) is 25.2 Å². The smallest absolute Gasteiger partial charge is 0.271 e. The van der Waals surface area contributed by atoms with Gasteiger partial charge in [0, 0.05) is 24.3 Å². The van der Waals surface area contributed by atoms with Crippen molar-refractivity contribution in [2.45, 2.75) is 44.9 Å². The van der Waals surface area contributed by atoms with Crippen molar-refractivity contribution in [3.63, 3.8) is 0 Å². The van der Waals surface area contributed by atoms with Crippen LogP contribution in [0.25, 0.3) is 0 Å². The summed E-state index contributed by atoms with van der Waals surface area (Å²) in [5.74, 6) is -0.327. The Kier molecular flexibility index (Phi) is 6.64. The van der Waals surface area contributed by atoms with Gasteiger partial charge in [-0.05, 0) is 67.0 Å². The van der Waals surface area contributed by atoms with Gasteiger partial charge in [-0.15, -0.1) is 0 Å². The maximum Gasteiger partial charge on any atom is 0.271 e. The van der Waals surface area contributed by atoms with Crippen LogP contribution >= 0.6 is 23.2 Å². The molecule has 1 N–H and O–H groups in total. The number of hydrogen-bond donors (Lipinski definition) is 1. The Bertz CT molecular complexity index is 911. The van der Waals surface area contributed by atoms with Gasteiger partial charge in [0.2, 0.25) is 0 Å². The molecule has 1 aliphatic heterocycles. The van der Waals surface area contributed by atoms with Crippen LogP contribution in [0.15, 0.2) is 47.6 Å². The lowest BCUT2D eigenvalue weighted by Gasteiger charge is -2.45. The highest BCUT2D eigenvalue weighted by Gasteiger charge is 2.35. The average molecular weight is 444 g/mol. The molecule has 0 aromatic heterocycles. The van der Waals surface area contributed by atoms with Crippen LogP contribution in [0.3, 0.4) is 0 Å². The van der Waals surface area contributed by atoms with Gasteiger partial charge in [-0.2, -0.15) is 5.10 Å². The van der Waals surface area contributed by atoms with E-state index in [1.165, 1.54) is 56.7 Å². The van der Waals surface area contributed by atoms with Gasteiger partial charge in [0.25, 0.3) is 5.91 Å². The van der Waals surface area contributed by atoms with Crippen molar-refractivity contribution in [1.29, 1.82) is 0 Å². The van der Waals surface area contributed by atoms with Gasteiger partial charge in [-0.1, -0.05) is 54.6 Å². The normalized spacial score (nSPS) is 18.7. The number of nitrogens with zero attached hydrogens (tertiary/aromatic N) is 2. The lowest BCUT2D eigenvalue weighted by molar-refractivity contribution is 0.0955. The van der Waals surface area contributed by atoms with E-state index in [9.17, 15) is 4.79 Å². The fourth-order valence-corrected chi connectivity index (χ4v) is 4.98. The van der Waals surface area contributed by atoms with Crippen molar-refractivity contribution in [3.05, 3.63) is 63.6 Å². The lowest BCUT2D eigenvalue weighted by atomic mass is 9.68. The molecule has 6 heteroatoms. The summed E-state index contributed by atoms with van der Waals surface area (Å²) < 4.78 is 0. The second-order valence-corrected chi connectivity index (χ2v) is 9.28. The summed E-state index contributed by atoms with van der Waals surface area (Å²) in [5, 5.41) is 4.81. The van der Waals surface area contributed by atoms with Gasteiger partial charge in [0.15, 0.2) is 0 Å². The second-order valence-electron chi connectivity index (χ2n) is 8.47. The second kappa shape index (κ2) is 9.40. The molecule has 2 aromatic rings. The van der Waals surface area contributed by atoms with Crippen molar-refractivity contribution in [1.82, 2.24) is 5.43 Å². The van der Waals surface area contributed by atoms with E-state index in [-0.39, 0.29) is 5.91 Å². The van der Waals surface area contributed by atoms with E-state index in [0.717, 1.165) is 18.7 Å². The Morgan fingerprint density at radius 2 is 1.63 bits per heavy atom. The Balaban J connectivity index is 1.30. The molecule has 4 rings (SSSR count). The molecule has 0 atom stereocenters. The monoisotopic (exact) mass is 443 g/mol. The van der Waals surface area contributed by atoms with E-state index in [1.807, 2.05) is 12.1 Å². The van der Waals surface area contributed by atoms with Crippen LogP contribution in [-0.2, 0) is 0 Å². The quantitative estimate of drug-likeness (QED) is 0.444. The summed E-state index contributed by atoms with van der Waals surface area (Å²) in [5.41, 5.74) is 5.76. The number of hydrogen-bond acceptors (Lipinski definition) is 3. The SMILES string of the molecule is O=C(N/N=C/c1ccc(N2CCC3(CCCCC3)CC2)cc1)c1ccc(Cl)c(Cl)c1. The number of piperidine rings is 1. The van der Waals surface area contributed by atoms with E-state index in [0.29, 0.717) is 21.0 Å². The van der Waals surface area contributed by atoms with Crippen molar-refractivity contribution < 1.29 is 4.79 Å². The number of rotatable bonds is 4. The lowest BCUT2D eigenvalue weighted by Crippen LogP contribution is -2.41. The van der Waals surface area contributed by atoms with Crippen LogP contribution < -0.4 is 10.3 Å². The van der Waals surface area contributed by atoms with Gasteiger partial charge in [-0.3, -0.25) is 4.79 Å². The summed E-state index contributed by atoms with van der Waals surface area (Å²) in [4.78, 5) is 14.6. The maximum absolute atomic E-state index is 12.2. The Morgan fingerprint density at radius 3 is 2.30 bits per heavy atom. The standard InChI is InChI=1S/C24H27Cl2N3O/c25-21-9-6-19(16-22(21)26)23(30)28-27-17-18-4-7-20(8-5-18)29-14-12-24(13-15-29)10-2-1-3-11-24/h4-9,16-17H,1-3,10-15H2,(H,28,30)/b27-17+. The summed E-state index contributed by atoms with van der Waals surface area (Å²) in [6.45, 7) is 2.29. The molecule has 0 radical (unpaired) electrons. The minimum atomic E-state index is -0.327. The molecule has 158 valence electrons. The van der Waals surface area contributed by atoms with Gasteiger partial charge >= 0.3 is 0 Å². The first kappa shape index (κ1) is 21.2. The van der Waals surface area contributed by atoms with Gasteiger partial charge in [0.05, 0.1) is 16.3 Å². The Morgan fingerprint density at radius 1 is 0.933 bits per heavy atom. The van der Waals surface area contributed by atoms with E-state index < -0.39 is 0 Å². The van der Waals surface area contributed by atoms with E-state index >= 15 is 0 Å². The zero-order chi connectivity index (χ0) is 21.0. The first-order chi connectivity index (χ1) is 14.5. The van der Waals surface area contributed by atoms with Crippen molar-refractivity contribution in [2.75, 3.05) is 18.0 Å². The first-order valence-electron chi connectivity index (χ1n) is 10.7. The van der Waals surface area contributed by atoms with Gasteiger partial charge in [0.1, 0.15) is 0 Å². The molecule has 1 saturated carbocycles. The number of hydrazone groups is 1. The minimum Gasteiger partial charge on any atom is -0.371 e. The third kappa shape index (κ3) is 4.98. The van der Waals surface area contributed by atoms with Crippen molar-refractivity contribution >= 4 is 41.0 Å². The van der Waals surface area contributed by atoms with E-state index in [2.05, 4.69) is 27.6 Å². The molecule has 0 bridgehead atoms. The van der Waals surface area contributed by atoms with E-state index in [4.69, 9.17) is 23.2 Å². The van der Waals surface area contributed by atoms with Gasteiger partial charge < -0.3 is 4.90 Å². The number of benzene rings is 2. The van der Waals surface area contributed by atoms with Crippen molar-refractivity contribution in [2.24, 2.45) is 10.5 Å². The molecule has 4 nitrogen and oxygen atoms in total. The molecule has 1 heterocycles. The summed E-state index contributed by atoms with van der Waals surface area (Å²) in [7, 11) is 0. The molecular formula is C24H27Cl2N3O. The number of amides is 1. The first-order valence-corrected chi connectivity index (χ1v) is 11.4. The number of halogens is 2. The average Bonchev–Trinajstić information content (AvgIpc) is 2.77. The van der Waals surface area contributed by atoms with Gasteiger partial charge in [-0.25, -0.2) is 5.43 Å². The predicted octanol–water partition coefficient (Wildman–Crippen LogP) is 6.31. The highest BCUT2D eigenvalue weighted by atomic mass is 35.5. The third-order valence-electron chi connectivity index (χ3n) is 6.56. The highest BCUT2D eigenvalue weighted by Crippen LogP contribution is 2.45. The highest BCUT2D eigenvalue weighted by molar-refractivity contribution is 6.42. The number of anilines is 1. The molecule has 1 saturated heterocycles. The molecule has 1 spiro atoms. The molecular weight excluding hydrogens is 417 g/mol. The van der Waals surface area contributed by atoms with Crippen LogP contribution in [0, 0.1) is 5.41 Å². The zero-order valence-corrected chi connectivity index (χ0v) is 18.6. The Hall–Kier alpha value is -2.04. The fourth-order valence-electron chi connectivity index (χ4n) is 4.68. The minimum absolute atomic E-state index is 0.327. The number of carbonyl (C=O) groups excluding carboxylic acids is 1. The van der Waals surface area contributed by atoms with E-state index in [1.54, 1.807) is 18.3 Å². The summed E-state index contributed by atoms with van der Waals surface area (Å²) in [6.07, 6.45) is 11.4. The molecule has 2 fully saturated rings. The van der Waals surface area contributed by atoms with Crippen LogP contribution in [0.1, 0.15) is 60.9 Å². The molecule has 2 aliphatic rings. The topological polar surface area (TPSA) is 44.7 Å². The van der Waals surface area contributed by atoms with Crippen LogP contribution in [0.5, 0.6) is 0 Å². The Labute approximate surface area is 188 Å². The summed E-state index contributed by atoms with van der Waals surface area (Å²) in [6, 6.07) is 13.1. The zero-order valence-electron chi connectivity index (χ0n) is 17.0. The largest absolute Gasteiger partial charge is 0.371 e. The third-order valence-corrected chi connectivity index (χ3v) is 7.30. The molecule has 2 aromatic carbocycles. The maximum atomic E-state index is 12.2. The van der Waals surface area contributed by atoms with Crippen LogP contribution in [0.2, 0.25) is 10.0 Å². The molecule has 1 amide bonds. The molecule has 30 heavy (non-hydrogen) atoms.